The molecular formula is C14H20F2N2S. The summed E-state index contributed by atoms with van der Waals surface area (Å²) < 4.78 is 27.5. The van der Waals surface area contributed by atoms with Crippen LogP contribution in [0.4, 0.5) is 14.5 Å². The average molecular weight is 286 g/mol. The van der Waals surface area contributed by atoms with Crippen molar-refractivity contribution >= 4 is 22.9 Å². The summed E-state index contributed by atoms with van der Waals surface area (Å²) in [6, 6.07) is 2.97. The van der Waals surface area contributed by atoms with E-state index in [1.165, 1.54) is 12.1 Å². The lowest BCUT2D eigenvalue weighted by atomic mass is 10.1. The molecule has 0 saturated carbocycles. The van der Waals surface area contributed by atoms with Gasteiger partial charge in [0, 0.05) is 11.6 Å². The minimum Gasteiger partial charge on any atom is -0.389 e. The summed E-state index contributed by atoms with van der Waals surface area (Å²) in [4.78, 5) is -0.140. The fourth-order valence-corrected chi connectivity index (χ4v) is 2.05. The molecule has 0 amide bonds. The predicted molar refractivity (Wildman–Crippen MR) is 79.5 cm³/mol. The van der Waals surface area contributed by atoms with Crippen molar-refractivity contribution in [1.29, 1.82) is 0 Å². The molecule has 0 heterocycles. The van der Waals surface area contributed by atoms with Crippen LogP contribution in [0.5, 0.6) is 0 Å². The van der Waals surface area contributed by atoms with Crippen LogP contribution in [0, 0.1) is 11.6 Å². The molecule has 0 aliphatic carbocycles. The Labute approximate surface area is 118 Å². The fourth-order valence-electron chi connectivity index (χ4n) is 1.89. The average Bonchev–Trinajstić information content (AvgIpc) is 2.35. The minimum absolute atomic E-state index is 0.0586. The van der Waals surface area contributed by atoms with Gasteiger partial charge in [-0.1, -0.05) is 38.4 Å². The van der Waals surface area contributed by atoms with E-state index < -0.39 is 11.6 Å². The second-order valence-electron chi connectivity index (χ2n) is 4.69. The van der Waals surface area contributed by atoms with Gasteiger partial charge in [-0.05, 0) is 25.5 Å². The number of hydrogen-bond donors (Lipinski definition) is 2. The van der Waals surface area contributed by atoms with Crippen LogP contribution in [0.25, 0.3) is 0 Å². The molecule has 19 heavy (non-hydrogen) atoms. The van der Waals surface area contributed by atoms with Crippen LogP contribution >= 0.6 is 12.2 Å². The van der Waals surface area contributed by atoms with Gasteiger partial charge in [0.1, 0.15) is 4.99 Å². The second-order valence-corrected chi connectivity index (χ2v) is 5.13. The summed E-state index contributed by atoms with van der Waals surface area (Å²) in [6.07, 6.45) is 4.27. The standard InChI is InChI=1S/C14H20F2N2S/c1-3-4-5-6-9(2)18-11-8-7-10(14(17)19)12(15)13(11)16/h7-9,18H,3-6H2,1-2H3,(H2,17,19). The van der Waals surface area contributed by atoms with Crippen molar-refractivity contribution in [3.8, 4) is 0 Å². The first-order chi connectivity index (χ1) is 8.97. The predicted octanol–water partition coefficient (Wildman–Crippen LogP) is 3.98. The fraction of sp³-hybridized carbons (Fsp3) is 0.500. The SMILES string of the molecule is CCCCCC(C)Nc1ccc(C(N)=S)c(F)c1F. The van der Waals surface area contributed by atoms with Gasteiger partial charge >= 0.3 is 0 Å². The Morgan fingerprint density at radius 3 is 2.58 bits per heavy atom. The summed E-state index contributed by atoms with van der Waals surface area (Å²) in [5.41, 5.74) is 5.42. The zero-order valence-electron chi connectivity index (χ0n) is 11.3. The van der Waals surface area contributed by atoms with Crippen molar-refractivity contribution in [3.05, 3.63) is 29.3 Å². The lowest BCUT2D eigenvalue weighted by Crippen LogP contribution is -2.18. The Balaban J connectivity index is 2.74. The third-order valence-electron chi connectivity index (χ3n) is 2.99. The van der Waals surface area contributed by atoms with Crippen LogP contribution in [0.15, 0.2) is 12.1 Å². The van der Waals surface area contributed by atoms with Crippen LogP contribution in [0.1, 0.15) is 45.1 Å². The topological polar surface area (TPSA) is 38.0 Å². The van der Waals surface area contributed by atoms with Gasteiger partial charge in [-0.2, -0.15) is 0 Å². The van der Waals surface area contributed by atoms with Crippen LogP contribution in [-0.4, -0.2) is 11.0 Å². The summed E-state index contributed by atoms with van der Waals surface area (Å²) >= 11 is 4.66. The number of unbranched alkanes of at least 4 members (excludes halogenated alkanes) is 2. The maximum absolute atomic E-state index is 13.8. The molecule has 2 nitrogen and oxygen atoms in total. The summed E-state index contributed by atoms with van der Waals surface area (Å²) in [7, 11) is 0. The molecule has 0 aliphatic heterocycles. The second kappa shape index (κ2) is 7.38. The molecule has 0 aromatic heterocycles. The van der Waals surface area contributed by atoms with Crippen molar-refractivity contribution in [1.82, 2.24) is 0 Å². The van der Waals surface area contributed by atoms with E-state index in [9.17, 15) is 8.78 Å². The van der Waals surface area contributed by atoms with Gasteiger partial charge in [0.05, 0.1) is 5.69 Å². The smallest absolute Gasteiger partial charge is 0.182 e. The number of nitrogens with one attached hydrogen (secondary N) is 1. The largest absolute Gasteiger partial charge is 0.389 e. The van der Waals surface area contributed by atoms with E-state index in [0.29, 0.717) is 0 Å². The molecule has 5 heteroatoms. The quantitative estimate of drug-likeness (QED) is 0.588. The molecule has 0 bridgehead atoms. The van der Waals surface area contributed by atoms with E-state index in [1.54, 1.807) is 0 Å². The Kier molecular flexibility index (Phi) is 6.15. The number of rotatable bonds is 7. The van der Waals surface area contributed by atoms with Crippen LogP contribution in [-0.2, 0) is 0 Å². The van der Waals surface area contributed by atoms with Gasteiger partial charge < -0.3 is 11.1 Å². The van der Waals surface area contributed by atoms with Crippen molar-refractivity contribution < 1.29 is 8.78 Å². The monoisotopic (exact) mass is 286 g/mol. The lowest BCUT2D eigenvalue weighted by molar-refractivity contribution is 0.507. The first-order valence-corrected chi connectivity index (χ1v) is 6.92. The molecule has 1 unspecified atom stereocenters. The molecule has 1 atom stereocenters. The molecule has 1 aromatic carbocycles. The molecule has 1 aromatic rings. The first kappa shape index (κ1) is 15.8. The molecule has 1 rings (SSSR count). The maximum atomic E-state index is 13.8. The summed E-state index contributed by atoms with van der Waals surface area (Å²) in [5.74, 6) is -1.91. The normalized spacial score (nSPS) is 12.2. The van der Waals surface area contributed by atoms with Crippen LogP contribution in [0.3, 0.4) is 0 Å². The number of thiocarbonyl (C=S) groups is 1. The highest BCUT2D eigenvalue weighted by Gasteiger charge is 2.15. The van der Waals surface area contributed by atoms with E-state index in [4.69, 9.17) is 5.73 Å². The molecule has 0 aliphatic rings. The van der Waals surface area contributed by atoms with Crippen LogP contribution < -0.4 is 11.1 Å². The van der Waals surface area contributed by atoms with E-state index in [2.05, 4.69) is 24.5 Å². The summed E-state index contributed by atoms with van der Waals surface area (Å²) in [5, 5.41) is 2.98. The number of nitrogens with two attached hydrogens (primary N) is 1. The number of anilines is 1. The van der Waals surface area contributed by atoms with Gasteiger partial charge in [-0.3, -0.25) is 0 Å². The zero-order chi connectivity index (χ0) is 14.4. The highest BCUT2D eigenvalue weighted by molar-refractivity contribution is 7.80. The molecule has 0 fully saturated rings. The van der Waals surface area contributed by atoms with Crippen LogP contribution in [0.2, 0.25) is 0 Å². The maximum Gasteiger partial charge on any atom is 0.182 e. The molecule has 0 radical (unpaired) electrons. The summed E-state index contributed by atoms with van der Waals surface area (Å²) in [6.45, 7) is 4.08. The van der Waals surface area contributed by atoms with Gasteiger partial charge in [-0.25, -0.2) is 8.78 Å². The van der Waals surface area contributed by atoms with Gasteiger partial charge in [0.2, 0.25) is 0 Å². The van der Waals surface area contributed by atoms with Gasteiger partial charge in [0.25, 0.3) is 0 Å². The van der Waals surface area contributed by atoms with Crippen molar-refractivity contribution in [2.75, 3.05) is 5.32 Å². The Hall–Kier alpha value is -1.23. The third-order valence-corrected chi connectivity index (χ3v) is 3.21. The number of hydrogen-bond acceptors (Lipinski definition) is 2. The van der Waals surface area contributed by atoms with Crippen molar-refractivity contribution in [2.24, 2.45) is 5.73 Å². The highest BCUT2D eigenvalue weighted by atomic mass is 32.1. The minimum atomic E-state index is -0.988. The number of halogens is 2. The van der Waals surface area contributed by atoms with E-state index in [-0.39, 0.29) is 22.3 Å². The highest BCUT2D eigenvalue weighted by Crippen LogP contribution is 2.22. The van der Waals surface area contributed by atoms with Crippen molar-refractivity contribution in [2.45, 2.75) is 45.6 Å². The van der Waals surface area contributed by atoms with Crippen molar-refractivity contribution in [3.63, 3.8) is 0 Å². The lowest BCUT2D eigenvalue weighted by Gasteiger charge is -2.16. The van der Waals surface area contributed by atoms with Gasteiger partial charge in [0.15, 0.2) is 11.6 Å². The zero-order valence-corrected chi connectivity index (χ0v) is 12.1. The van der Waals surface area contributed by atoms with E-state index in [0.717, 1.165) is 25.7 Å². The number of benzene rings is 1. The van der Waals surface area contributed by atoms with Gasteiger partial charge in [-0.15, -0.1) is 0 Å². The van der Waals surface area contributed by atoms with E-state index >= 15 is 0 Å². The Bertz CT molecular complexity index is 449. The third kappa shape index (κ3) is 4.42. The first-order valence-electron chi connectivity index (χ1n) is 6.51. The molecule has 0 spiro atoms. The Morgan fingerprint density at radius 1 is 1.32 bits per heavy atom. The molecule has 0 saturated heterocycles. The molecular weight excluding hydrogens is 266 g/mol. The molecule has 106 valence electrons. The van der Waals surface area contributed by atoms with E-state index in [1.807, 2.05) is 6.92 Å². The Morgan fingerprint density at radius 2 is 2.00 bits per heavy atom. The molecule has 3 N–H and O–H groups in total.